The molecule has 1 aliphatic rings. The van der Waals surface area contributed by atoms with Crippen LogP contribution < -0.4 is 9.47 Å². The number of methoxy groups -OCH3 is 1. The summed E-state index contributed by atoms with van der Waals surface area (Å²) in [5.41, 5.74) is 2.21. The molecule has 1 aliphatic heterocycles. The van der Waals surface area contributed by atoms with Gasteiger partial charge in [0.2, 0.25) is 0 Å². The maximum absolute atomic E-state index is 6.05. The second kappa shape index (κ2) is 10.3. The molecule has 5 nitrogen and oxygen atoms in total. The van der Waals surface area contributed by atoms with E-state index in [1.54, 1.807) is 7.11 Å². The number of ether oxygens (including phenoxy) is 2. The summed E-state index contributed by atoms with van der Waals surface area (Å²) in [5, 5.41) is 0. The molecule has 0 atom stereocenters. The SMILES string of the molecule is CCc1ccnc(Cc2ccc(OC)c(OCCCN3CCCCC3)c2)n1. The molecule has 0 aliphatic carbocycles. The lowest BCUT2D eigenvalue weighted by Gasteiger charge is -2.26. The molecule has 2 aromatic rings. The Balaban J connectivity index is 1.57. The van der Waals surface area contributed by atoms with Crippen LogP contribution in [0.3, 0.4) is 0 Å². The van der Waals surface area contributed by atoms with Gasteiger partial charge in [-0.3, -0.25) is 0 Å². The summed E-state index contributed by atoms with van der Waals surface area (Å²) >= 11 is 0. The molecule has 1 aromatic carbocycles. The van der Waals surface area contributed by atoms with Crippen molar-refractivity contribution in [2.45, 2.75) is 45.4 Å². The van der Waals surface area contributed by atoms with Crippen molar-refractivity contribution in [3.05, 3.63) is 47.5 Å². The van der Waals surface area contributed by atoms with Crippen LogP contribution in [0.4, 0.5) is 0 Å². The Morgan fingerprint density at radius 3 is 2.70 bits per heavy atom. The van der Waals surface area contributed by atoms with E-state index in [1.165, 1.54) is 32.4 Å². The average Bonchev–Trinajstić information content (AvgIpc) is 2.72. The number of hydrogen-bond acceptors (Lipinski definition) is 5. The monoisotopic (exact) mass is 369 g/mol. The second-order valence-corrected chi connectivity index (χ2v) is 7.08. The Kier molecular flexibility index (Phi) is 7.45. The molecule has 1 fully saturated rings. The van der Waals surface area contributed by atoms with Crippen LogP contribution in [0.25, 0.3) is 0 Å². The van der Waals surface area contributed by atoms with E-state index in [0.29, 0.717) is 13.0 Å². The number of benzene rings is 1. The fourth-order valence-corrected chi connectivity index (χ4v) is 3.50. The first-order valence-corrected chi connectivity index (χ1v) is 10.1. The number of rotatable bonds is 9. The molecule has 0 bridgehead atoms. The third-order valence-corrected chi connectivity index (χ3v) is 5.04. The molecular formula is C22H31N3O2. The highest BCUT2D eigenvalue weighted by molar-refractivity contribution is 5.43. The van der Waals surface area contributed by atoms with E-state index in [0.717, 1.165) is 48.0 Å². The first-order chi connectivity index (χ1) is 13.3. The molecule has 1 aromatic heterocycles. The first kappa shape index (κ1) is 19.6. The summed E-state index contributed by atoms with van der Waals surface area (Å²) in [6.45, 7) is 6.39. The Morgan fingerprint density at radius 1 is 1.07 bits per heavy atom. The van der Waals surface area contributed by atoms with Gasteiger partial charge in [0.25, 0.3) is 0 Å². The third kappa shape index (κ3) is 5.93. The number of piperidine rings is 1. The van der Waals surface area contributed by atoms with Gasteiger partial charge in [-0.1, -0.05) is 19.4 Å². The van der Waals surface area contributed by atoms with Gasteiger partial charge in [0.05, 0.1) is 13.7 Å². The van der Waals surface area contributed by atoms with Crippen molar-refractivity contribution < 1.29 is 9.47 Å². The van der Waals surface area contributed by atoms with Gasteiger partial charge >= 0.3 is 0 Å². The van der Waals surface area contributed by atoms with Crippen LogP contribution in [0.2, 0.25) is 0 Å². The van der Waals surface area contributed by atoms with E-state index in [4.69, 9.17) is 9.47 Å². The molecule has 146 valence electrons. The van der Waals surface area contributed by atoms with Crippen LogP contribution in [0, 0.1) is 0 Å². The van der Waals surface area contributed by atoms with Crippen molar-refractivity contribution >= 4 is 0 Å². The van der Waals surface area contributed by atoms with Gasteiger partial charge < -0.3 is 14.4 Å². The van der Waals surface area contributed by atoms with Gasteiger partial charge in [0.1, 0.15) is 5.82 Å². The third-order valence-electron chi connectivity index (χ3n) is 5.04. The molecule has 27 heavy (non-hydrogen) atoms. The van der Waals surface area contributed by atoms with Gasteiger partial charge in [-0.2, -0.15) is 0 Å². The van der Waals surface area contributed by atoms with Gasteiger partial charge in [-0.25, -0.2) is 9.97 Å². The molecule has 0 N–H and O–H groups in total. The van der Waals surface area contributed by atoms with E-state index in [9.17, 15) is 0 Å². The molecular weight excluding hydrogens is 338 g/mol. The van der Waals surface area contributed by atoms with Gasteiger partial charge in [0.15, 0.2) is 11.5 Å². The van der Waals surface area contributed by atoms with Crippen LogP contribution in [-0.2, 0) is 12.8 Å². The van der Waals surface area contributed by atoms with Gasteiger partial charge in [0, 0.05) is 24.9 Å². The Bertz CT molecular complexity index is 714. The van der Waals surface area contributed by atoms with Crippen molar-refractivity contribution in [3.63, 3.8) is 0 Å². The lowest BCUT2D eigenvalue weighted by Crippen LogP contribution is -2.31. The summed E-state index contributed by atoms with van der Waals surface area (Å²) in [5.74, 6) is 2.43. The van der Waals surface area contributed by atoms with Crippen molar-refractivity contribution in [3.8, 4) is 11.5 Å². The highest BCUT2D eigenvalue weighted by atomic mass is 16.5. The molecule has 0 amide bonds. The van der Waals surface area contributed by atoms with Crippen molar-refractivity contribution in [1.82, 2.24) is 14.9 Å². The zero-order valence-electron chi connectivity index (χ0n) is 16.6. The molecule has 2 heterocycles. The first-order valence-electron chi connectivity index (χ1n) is 10.1. The lowest BCUT2D eigenvalue weighted by atomic mass is 10.1. The Hall–Kier alpha value is -2.14. The number of aryl methyl sites for hydroxylation is 1. The van der Waals surface area contributed by atoms with E-state index >= 15 is 0 Å². The Labute approximate surface area is 162 Å². The van der Waals surface area contributed by atoms with Gasteiger partial charge in [-0.15, -0.1) is 0 Å². The summed E-state index contributed by atoms with van der Waals surface area (Å²) < 4.78 is 11.5. The molecule has 5 heteroatoms. The second-order valence-electron chi connectivity index (χ2n) is 7.08. The highest BCUT2D eigenvalue weighted by Crippen LogP contribution is 2.29. The predicted octanol–water partition coefficient (Wildman–Crippen LogP) is 3.89. The zero-order chi connectivity index (χ0) is 18.9. The minimum atomic E-state index is 0.696. The maximum Gasteiger partial charge on any atom is 0.161 e. The minimum Gasteiger partial charge on any atom is -0.493 e. The summed E-state index contributed by atoms with van der Waals surface area (Å²) in [4.78, 5) is 11.5. The molecule has 3 rings (SSSR count). The fraction of sp³-hybridized carbons (Fsp3) is 0.545. The van der Waals surface area contributed by atoms with Crippen molar-refractivity contribution in [2.24, 2.45) is 0 Å². The van der Waals surface area contributed by atoms with E-state index < -0.39 is 0 Å². The summed E-state index contributed by atoms with van der Waals surface area (Å²) in [6.07, 6.45) is 8.53. The fourth-order valence-electron chi connectivity index (χ4n) is 3.50. The smallest absolute Gasteiger partial charge is 0.161 e. The van der Waals surface area contributed by atoms with E-state index in [1.807, 2.05) is 18.3 Å². The molecule has 1 saturated heterocycles. The molecule has 0 saturated carbocycles. The van der Waals surface area contributed by atoms with E-state index in [-0.39, 0.29) is 0 Å². The predicted molar refractivity (Wildman–Crippen MR) is 108 cm³/mol. The van der Waals surface area contributed by atoms with Crippen LogP contribution in [0.5, 0.6) is 11.5 Å². The number of nitrogens with zero attached hydrogens (tertiary/aromatic N) is 3. The van der Waals surface area contributed by atoms with Crippen LogP contribution >= 0.6 is 0 Å². The normalized spacial score (nSPS) is 14.9. The van der Waals surface area contributed by atoms with Crippen molar-refractivity contribution in [2.75, 3.05) is 33.4 Å². The number of hydrogen-bond donors (Lipinski definition) is 0. The minimum absolute atomic E-state index is 0.696. The van der Waals surface area contributed by atoms with Crippen LogP contribution in [0.15, 0.2) is 30.5 Å². The molecule has 0 spiro atoms. The average molecular weight is 370 g/mol. The quantitative estimate of drug-likeness (QED) is 0.628. The van der Waals surface area contributed by atoms with Gasteiger partial charge in [-0.05, 0) is 62.5 Å². The molecule has 0 radical (unpaired) electrons. The van der Waals surface area contributed by atoms with Crippen LogP contribution in [0.1, 0.15) is 49.7 Å². The number of likely N-dealkylation sites (tertiary alicyclic amines) is 1. The largest absolute Gasteiger partial charge is 0.493 e. The number of aromatic nitrogens is 2. The summed E-state index contributed by atoms with van der Waals surface area (Å²) in [7, 11) is 1.68. The Morgan fingerprint density at radius 2 is 1.93 bits per heavy atom. The highest BCUT2D eigenvalue weighted by Gasteiger charge is 2.11. The maximum atomic E-state index is 6.05. The topological polar surface area (TPSA) is 47.5 Å². The summed E-state index contributed by atoms with van der Waals surface area (Å²) in [6, 6.07) is 8.05. The molecule has 0 unspecified atom stereocenters. The van der Waals surface area contributed by atoms with Crippen molar-refractivity contribution in [1.29, 1.82) is 0 Å². The lowest BCUT2D eigenvalue weighted by molar-refractivity contribution is 0.203. The van der Waals surface area contributed by atoms with E-state index in [2.05, 4.69) is 33.9 Å². The standard InChI is InChI=1S/C22H31N3O2/c1-3-19-10-11-23-22(24-19)17-18-8-9-20(26-2)21(16-18)27-15-7-14-25-12-5-4-6-13-25/h8-11,16H,3-7,12-15,17H2,1-2H3. The zero-order valence-corrected chi connectivity index (χ0v) is 16.6. The van der Waals surface area contributed by atoms with Crippen LogP contribution in [-0.4, -0.2) is 48.2 Å².